The zero-order valence-electron chi connectivity index (χ0n) is 3.03. The first-order valence-electron chi connectivity index (χ1n) is 1.04. The fraction of sp³-hybridized carbons (Fsp3) is 0.500. The summed E-state index contributed by atoms with van der Waals surface area (Å²) in [4.78, 5) is 9.00. The summed E-state index contributed by atoms with van der Waals surface area (Å²) < 4.78 is 0. The maximum absolute atomic E-state index is 9.00. The summed E-state index contributed by atoms with van der Waals surface area (Å²) in [5.74, 6) is -0.833. The van der Waals surface area contributed by atoms with E-state index >= 15 is 0 Å². The molecule has 0 aromatic rings. The molecule has 0 heterocycles. The first kappa shape index (κ1) is 9.85. The van der Waals surface area contributed by atoms with Gasteiger partial charge in [0.15, 0.2) is 0 Å². The summed E-state index contributed by atoms with van der Waals surface area (Å²) in [5, 5.41) is 7.42. The van der Waals surface area contributed by atoms with Crippen molar-refractivity contribution < 1.29 is 28.8 Å². The number of carbonyl (C=O) groups is 1. The normalized spacial score (nSPS) is 5.33. The zero-order valence-corrected chi connectivity index (χ0v) is 6.10. The molecule has 4 heteroatoms. The van der Waals surface area contributed by atoms with Crippen LogP contribution in [0.3, 0.4) is 0 Å². The van der Waals surface area contributed by atoms with Gasteiger partial charge in [-0.3, -0.25) is 4.79 Å². The molecular weight excluding hydrogens is 244 g/mol. The van der Waals surface area contributed by atoms with Crippen molar-refractivity contribution in [3.63, 3.8) is 0 Å². The van der Waals surface area contributed by atoms with Gasteiger partial charge in [0.1, 0.15) is 0 Å². The predicted octanol–water partition coefficient (Wildman–Crippen LogP) is 0.934. The molecule has 0 radical (unpaired) electrons. The molecule has 0 bridgehead atoms. The van der Waals surface area contributed by atoms with Crippen LogP contribution in [0.25, 0.3) is 0 Å². The summed E-state index contributed by atoms with van der Waals surface area (Å²) in [6, 6.07) is 0. The van der Waals surface area contributed by atoms with Gasteiger partial charge in [-0.15, -0.1) is 0 Å². The second-order valence-electron chi connectivity index (χ2n) is 0.519. The van der Waals surface area contributed by atoms with Crippen LogP contribution in [-0.2, 0) is 23.7 Å². The van der Waals surface area contributed by atoms with E-state index in [9.17, 15) is 0 Å². The summed E-state index contributed by atoms with van der Waals surface area (Å²) in [6.07, 6.45) is 0. The number of carboxylic acid groups (broad SMARTS) is 1. The molecule has 0 rings (SSSR count). The van der Waals surface area contributed by atoms with E-state index in [0.717, 1.165) is 6.92 Å². The van der Waals surface area contributed by atoms with Crippen molar-refractivity contribution in [1.82, 2.24) is 0 Å². The number of carboxylic acids is 1. The Hall–Kier alpha value is 0.690. The van der Waals surface area contributed by atoms with Crippen LogP contribution < -0.4 is 0 Å². The quantitative estimate of drug-likeness (QED) is 0.647. The molecular formula is C2H4AgBrO2. The van der Waals surface area contributed by atoms with Crippen LogP contribution in [0.4, 0.5) is 0 Å². The summed E-state index contributed by atoms with van der Waals surface area (Å²) >= 11 is 5.51. The second-order valence-corrected chi connectivity index (χ2v) is 0.519. The third-order valence-corrected chi connectivity index (χ3v) is 0. The Balaban J connectivity index is 0. The Morgan fingerprint density at radius 2 is 1.83 bits per heavy atom. The Kier molecular flexibility index (Phi) is 15.1. The average Bonchev–Trinajstić information content (AvgIpc) is 1.41. The molecule has 0 aromatic carbocycles. The van der Waals surface area contributed by atoms with Crippen LogP contribution in [-0.4, -0.2) is 11.1 Å². The minimum absolute atomic E-state index is 0.833. The third kappa shape index (κ3) is 134. The van der Waals surface area contributed by atoms with Gasteiger partial charge in [-0.25, -0.2) is 0 Å². The van der Waals surface area contributed by atoms with Crippen molar-refractivity contribution in [3.8, 4) is 0 Å². The van der Waals surface area contributed by atoms with Gasteiger partial charge in [-0.1, -0.05) is 0 Å². The van der Waals surface area contributed by atoms with Crippen molar-refractivity contribution in [2.75, 3.05) is 0 Å². The molecule has 0 aliphatic rings. The average molecular weight is 248 g/mol. The Bertz CT molecular complexity index is 34.5. The van der Waals surface area contributed by atoms with Crippen LogP contribution in [0.2, 0.25) is 0 Å². The monoisotopic (exact) mass is 246 g/mol. The van der Waals surface area contributed by atoms with E-state index in [2.05, 4.69) is 32.0 Å². The van der Waals surface area contributed by atoms with Gasteiger partial charge in [-0.05, 0) is 0 Å². The molecule has 0 aliphatic carbocycles. The molecule has 0 unspecified atom stereocenters. The van der Waals surface area contributed by atoms with Crippen molar-refractivity contribution >= 4 is 19.0 Å². The first-order chi connectivity index (χ1) is 2.73. The zero-order chi connectivity index (χ0) is 5.58. The molecule has 1 N–H and O–H groups in total. The van der Waals surface area contributed by atoms with Gasteiger partial charge in [0, 0.05) is 6.92 Å². The van der Waals surface area contributed by atoms with Gasteiger partial charge >= 0.3 is 32.0 Å². The molecule has 42 valence electrons. The third-order valence-electron chi connectivity index (χ3n) is 0. The van der Waals surface area contributed by atoms with Gasteiger partial charge in [-0.2, -0.15) is 0 Å². The van der Waals surface area contributed by atoms with Crippen molar-refractivity contribution in [2.45, 2.75) is 6.92 Å². The van der Waals surface area contributed by atoms with Gasteiger partial charge < -0.3 is 5.11 Å². The van der Waals surface area contributed by atoms with E-state index in [1.54, 1.807) is 0 Å². The minimum atomic E-state index is -0.833. The molecule has 0 amide bonds. The van der Waals surface area contributed by atoms with E-state index in [0.29, 0.717) is 0 Å². The first-order valence-corrected chi connectivity index (χ1v) is 4.43. The molecule has 0 aliphatic heterocycles. The molecule has 0 fully saturated rings. The second kappa shape index (κ2) is 9.19. The van der Waals surface area contributed by atoms with E-state index < -0.39 is 5.97 Å². The molecule has 0 saturated carbocycles. The SMILES string of the molecule is CC(=O)O.[Br][Ag]. The van der Waals surface area contributed by atoms with E-state index in [1.165, 1.54) is 0 Å². The summed E-state index contributed by atoms with van der Waals surface area (Å²) in [5.41, 5.74) is 0. The fourth-order valence-electron chi connectivity index (χ4n) is 0. The number of hydrogen-bond acceptors (Lipinski definition) is 1. The molecule has 6 heavy (non-hydrogen) atoms. The van der Waals surface area contributed by atoms with E-state index in [4.69, 9.17) is 9.90 Å². The topological polar surface area (TPSA) is 37.3 Å². The molecule has 0 spiro atoms. The van der Waals surface area contributed by atoms with Crippen LogP contribution in [0.1, 0.15) is 6.92 Å². The maximum atomic E-state index is 9.00. The van der Waals surface area contributed by atoms with Crippen LogP contribution in [0.15, 0.2) is 0 Å². The number of aliphatic carboxylic acids is 1. The van der Waals surface area contributed by atoms with Crippen molar-refractivity contribution in [1.29, 1.82) is 0 Å². The van der Waals surface area contributed by atoms with Crippen LogP contribution in [0, 0.1) is 0 Å². The standard InChI is InChI=1S/C2H4O2.Ag.BrH/c1-2(3)4;;/h1H3,(H,3,4);;1H/q;+1;/p-1. The fourth-order valence-corrected chi connectivity index (χ4v) is 0. The van der Waals surface area contributed by atoms with Gasteiger partial charge in [0.05, 0.1) is 0 Å². The van der Waals surface area contributed by atoms with Crippen LogP contribution >= 0.6 is 13.0 Å². The summed E-state index contributed by atoms with van der Waals surface area (Å²) in [6.45, 7) is 1.08. The van der Waals surface area contributed by atoms with Gasteiger partial charge in [0.25, 0.3) is 5.97 Å². The summed E-state index contributed by atoms with van der Waals surface area (Å²) in [7, 11) is 0. The Labute approximate surface area is 54.8 Å². The Morgan fingerprint density at radius 3 is 1.83 bits per heavy atom. The van der Waals surface area contributed by atoms with E-state index in [-0.39, 0.29) is 0 Å². The van der Waals surface area contributed by atoms with Gasteiger partial charge in [0.2, 0.25) is 0 Å². The van der Waals surface area contributed by atoms with Crippen molar-refractivity contribution in [3.05, 3.63) is 0 Å². The molecule has 0 atom stereocenters. The molecule has 0 aromatic heterocycles. The predicted molar refractivity (Wildman–Crippen MR) is 22.2 cm³/mol. The Morgan fingerprint density at radius 1 is 1.83 bits per heavy atom. The van der Waals surface area contributed by atoms with Crippen molar-refractivity contribution in [2.24, 2.45) is 0 Å². The molecule has 0 saturated heterocycles. The van der Waals surface area contributed by atoms with Crippen LogP contribution in [0.5, 0.6) is 0 Å². The molecule has 2 nitrogen and oxygen atoms in total. The number of hydrogen-bond donors (Lipinski definition) is 1. The van der Waals surface area contributed by atoms with E-state index in [1.807, 2.05) is 0 Å². The number of halogens is 1. The number of rotatable bonds is 0.